The molecule has 0 atom stereocenters. The molecule has 0 spiro atoms. The Morgan fingerprint density at radius 2 is 1.71 bits per heavy atom. The Labute approximate surface area is 127 Å². The van der Waals surface area contributed by atoms with Crippen molar-refractivity contribution in [3.63, 3.8) is 0 Å². The summed E-state index contributed by atoms with van der Waals surface area (Å²) < 4.78 is 0. The third-order valence-corrected chi connectivity index (χ3v) is 3.13. The van der Waals surface area contributed by atoms with E-state index in [2.05, 4.69) is 10.6 Å². The van der Waals surface area contributed by atoms with E-state index in [1.807, 2.05) is 0 Å². The van der Waals surface area contributed by atoms with E-state index < -0.39 is 0 Å². The first-order valence-corrected chi connectivity index (χ1v) is 6.57. The van der Waals surface area contributed by atoms with Gasteiger partial charge in [-0.1, -0.05) is 11.6 Å². The second-order valence-corrected chi connectivity index (χ2v) is 4.78. The normalized spacial score (nSPS) is 10.0. The number of hydrogen-bond acceptors (Lipinski definition) is 3. The van der Waals surface area contributed by atoms with Crippen LogP contribution < -0.4 is 16.4 Å². The molecule has 6 heteroatoms. The van der Waals surface area contributed by atoms with Crippen LogP contribution in [0.25, 0.3) is 0 Å². The van der Waals surface area contributed by atoms with E-state index in [-0.39, 0.29) is 11.8 Å². The summed E-state index contributed by atoms with van der Waals surface area (Å²) >= 11 is 5.79. The smallest absolute Gasteiger partial charge is 0.257 e. The molecule has 0 fully saturated rings. The molecule has 0 heterocycles. The topological polar surface area (TPSA) is 84.2 Å². The van der Waals surface area contributed by atoms with Gasteiger partial charge in [0, 0.05) is 29.0 Å². The van der Waals surface area contributed by atoms with Gasteiger partial charge in [-0.3, -0.25) is 9.59 Å². The maximum Gasteiger partial charge on any atom is 0.257 e. The van der Waals surface area contributed by atoms with Crippen LogP contribution in [-0.2, 0) is 0 Å². The highest BCUT2D eigenvalue weighted by Crippen LogP contribution is 2.19. The molecule has 4 N–H and O–H groups in total. The summed E-state index contributed by atoms with van der Waals surface area (Å²) in [7, 11) is 1.56. The van der Waals surface area contributed by atoms with Crippen LogP contribution in [0.3, 0.4) is 0 Å². The van der Waals surface area contributed by atoms with Gasteiger partial charge in [0.05, 0.1) is 5.56 Å². The predicted molar refractivity (Wildman–Crippen MR) is 83.6 cm³/mol. The van der Waals surface area contributed by atoms with Crippen LogP contribution in [0.15, 0.2) is 42.5 Å². The van der Waals surface area contributed by atoms with Crippen LogP contribution in [-0.4, -0.2) is 18.9 Å². The summed E-state index contributed by atoms with van der Waals surface area (Å²) in [6.45, 7) is 0. The van der Waals surface area contributed by atoms with Crippen LogP contribution in [0.4, 0.5) is 11.4 Å². The Balaban J connectivity index is 2.14. The fourth-order valence-corrected chi connectivity index (χ4v) is 1.97. The molecule has 0 saturated heterocycles. The molecule has 0 radical (unpaired) electrons. The molecule has 0 aromatic heterocycles. The third kappa shape index (κ3) is 3.52. The maximum absolute atomic E-state index is 12.1. The zero-order chi connectivity index (χ0) is 15.4. The minimum atomic E-state index is -0.336. The molecule has 0 aliphatic heterocycles. The largest absolute Gasteiger partial charge is 0.398 e. The SMILES string of the molecule is CNC(=O)c1ccc(NC(=O)c2ccc(Cl)cc2N)cc1. The number of halogens is 1. The van der Waals surface area contributed by atoms with Crippen molar-refractivity contribution >= 4 is 34.8 Å². The van der Waals surface area contributed by atoms with E-state index in [0.29, 0.717) is 27.5 Å². The number of nitrogens with two attached hydrogens (primary N) is 1. The highest BCUT2D eigenvalue weighted by atomic mass is 35.5. The Bertz CT molecular complexity index is 684. The van der Waals surface area contributed by atoms with Gasteiger partial charge in [0.1, 0.15) is 0 Å². The Kier molecular flexibility index (Phi) is 4.45. The first-order chi connectivity index (χ1) is 10.0. The maximum atomic E-state index is 12.1. The zero-order valence-corrected chi connectivity index (χ0v) is 12.1. The fourth-order valence-electron chi connectivity index (χ4n) is 1.79. The zero-order valence-electron chi connectivity index (χ0n) is 11.3. The number of nitrogens with one attached hydrogen (secondary N) is 2. The van der Waals surface area contributed by atoms with Crippen molar-refractivity contribution in [2.45, 2.75) is 0 Å². The van der Waals surface area contributed by atoms with Crippen molar-refractivity contribution in [3.8, 4) is 0 Å². The number of anilines is 2. The molecule has 0 aliphatic carbocycles. The van der Waals surface area contributed by atoms with Gasteiger partial charge < -0.3 is 16.4 Å². The minimum Gasteiger partial charge on any atom is -0.398 e. The highest BCUT2D eigenvalue weighted by Gasteiger charge is 2.10. The molecule has 21 heavy (non-hydrogen) atoms. The molecule has 2 amide bonds. The fraction of sp³-hybridized carbons (Fsp3) is 0.0667. The van der Waals surface area contributed by atoms with E-state index in [1.165, 1.54) is 6.07 Å². The van der Waals surface area contributed by atoms with Crippen LogP contribution >= 0.6 is 11.6 Å². The average molecular weight is 304 g/mol. The van der Waals surface area contributed by atoms with Crippen molar-refractivity contribution in [2.75, 3.05) is 18.1 Å². The molecule has 0 aliphatic rings. The van der Waals surface area contributed by atoms with Crippen LogP contribution in [0.2, 0.25) is 5.02 Å². The number of benzene rings is 2. The van der Waals surface area contributed by atoms with Crippen LogP contribution in [0.5, 0.6) is 0 Å². The number of nitrogen functional groups attached to an aromatic ring is 1. The summed E-state index contributed by atoms with van der Waals surface area (Å²) in [6.07, 6.45) is 0. The number of carbonyl (C=O) groups is 2. The van der Waals surface area contributed by atoms with Crippen LogP contribution in [0.1, 0.15) is 20.7 Å². The lowest BCUT2D eigenvalue weighted by Gasteiger charge is -2.08. The molecule has 5 nitrogen and oxygen atoms in total. The van der Waals surface area contributed by atoms with Gasteiger partial charge in [0.15, 0.2) is 0 Å². The molecule has 2 rings (SSSR count). The van der Waals surface area contributed by atoms with Crippen molar-refractivity contribution in [2.24, 2.45) is 0 Å². The van der Waals surface area contributed by atoms with Gasteiger partial charge in [-0.25, -0.2) is 0 Å². The summed E-state index contributed by atoms with van der Waals surface area (Å²) in [5.74, 6) is -0.522. The van der Waals surface area contributed by atoms with Crippen molar-refractivity contribution in [1.82, 2.24) is 5.32 Å². The molecular weight excluding hydrogens is 290 g/mol. The molecule has 0 unspecified atom stereocenters. The van der Waals surface area contributed by atoms with Crippen LogP contribution in [0, 0.1) is 0 Å². The standard InChI is InChI=1S/C15H14ClN3O2/c1-18-14(20)9-2-5-11(6-3-9)19-15(21)12-7-4-10(16)8-13(12)17/h2-8H,17H2,1H3,(H,18,20)(H,19,21). The summed E-state index contributed by atoms with van der Waals surface area (Å²) in [5.41, 5.74) is 7.50. The summed E-state index contributed by atoms with van der Waals surface area (Å²) in [5, 5.41) is 5.70. The van der Waals surface area contributed by atoms with E-state index in [0.717, 1.165) is 0 Å². The van der Waals surface area contributed by atoms with E-state index >= 15 is 0 Å². The number of rotatable bonds is 3. The van der Waals surface area contributed by atoms with Gasteiger partial charge in [-0.2, -0.15) is 0 Å². The average Bonchev–Trinajstić information content (AvgIpc) is 2.47. The summed E-state index contributed by atoms with van der Waals surface area (Å²) in [4.78, 5) is 23.5. The molecule has 0 bridgehead atoms. The van der Waals surface area contributed by atoms with Gasteiger partial charge in [-0.15, -0.1) is 0 Å². The number of carbonyl (C=O) groups excluding carboxylic acids is 2. The first kappa shape index (κ1) is 14.9. The van der Waals surface area contributed by atoms with E-state index in [1.54, 1.807) is 43.4 Å². The highest BCUT2D eigenvalue weighted by molar-refractivity contribution is 6.31. The molecule has 2 aromatic carbocycles. The number of amides is 2. The van der Waals surface area contributed by atoms with Crippen molar-refractivity contribution in [3.05, 3.63) is 58.6 Å². The van der Waals surface area contributed by atoms with E-state index in [4.69, 9.17) is 17.3 Å². The molecule has 0 saturated carbocycles. The minimum absolute atomic E-state index is 0.185. The van der Waals surface area contributed by atoms with Gasteiger partial charge in [0.25, 0.3) is 11.8 Å². The first-order valence-electron chi connectivity index (χ1n) is 6.20. The molecule has 108 valence electrons. The Morgan fingerprint density at radius 3 is 2.29 bits per heavy atom. The quantitative estimate of drug-likeness (QED) is 0.762. The molecule has 2 aromatic rings. The van der Waals surface area contributed by atoms with Gasteiger partial charge in [0.2, 0.25) is 0 Å². The van der Waals surface area contributed by atoms with Crippen molar-refractivity contribution < 1.29 is 9.59 Å². The lowest BCUT2D eigenvalue weighted by Crippen LogP contribution is -2.18. The summed E-state index contributed by atoms with van der Waals surface area (Å²) in [6, 6.07) is 11.2. The van der Waals surface area contributed by atoms with Gasteiger partial charge in [-0.05, 0) is 42.5 Å². The van der Waals surface area contributed by atoms with Crippen molar-refractivity contribution in [1.29, 1.82) is 0 Å². The molecular formula is C15H14ClN3O2. The Morgan fingerprint density at radius 1 is 1.05 bits per heavy atom. The number of hydrogen-bond donors (Lipinski definition) is 3. The monoisotopic (exact) mass is 303 g/mol. The second-order valence-electron chi connectivity index (χ2n) is 4.34. The lowest BCUT2D eigenvalue weighted by molar-refractivity contribution is 0.0962. The van der Waals surface area contributed by atoms with Gasteiger partial charge >= 0.3 is 0 Å². The predicted octanol–water partition coefficient (Wildman–Crippen LogP) is 2.53. The second kappa shape index (κ2) is 6.28. The van der Waals surface area contributed by atoms with E-state index in [9.17, 15) is 9.59 Å². The Hall–Kier alpha value is -2.53. The third-order valence-electron chi connectivity index (χ3n) is 2.89. The lowest BCUT2D eigenvalue weighted by atomic mass is 10.1.